The van der Waals surface area contributed by atoms with Gasteiger partial charge in [-0.1, -0.05) is 25.4 Å². The molecular formula is C14H28Br2ClN5S. The summed E-state index contributed by atoms with van der Waals surface area (Å²) < 4.78 is 0. The van der Waals surface area contributed by atoms with E-state index in [4.69, 9.17) is 16.6 Å². The lowest BCUT2D eigenvalue weighted by molar-refractivity contribution is 0.0448. The molecule has 0 aromatic heterocycles. The van der Waals surface area contributed by atoms with Crippen LogP contribution in [0.5, 0.6) is 0 Å². The number of thioether (sulfide) groups is 1. The van der Waals surface area contributed by atoms with Crippen molar-refractivity contribution in [3.05, 3.63) is 10.1 Å². The molecular weight excluding hydrogens is 466 g/mol. The molecule has 5 nitrogen and oxygen atoms in total. The van der Waals surface area contributed by atoms with Gasteiger partial charge in [0.05, 0.1) is 6.54 Å². The third-order valence-corrected chi connectivity index (χ3v) is 5.30. The van der Waals surface area contributed by atoms with Crippen LogP contribution in [0.1, 0.15) is 13.8 Å². The van der Waals surface area contributed by atoms with Crippen molar-refractivity contribution in [2.45, 2.75) is 13.8 Å². The van der Waals surface area contributed by atoms with Crippen molar-refractivity contribution >= 4 is 63.3 Å². The molecule has 1 fully saturated rings. The average molecular weight is 494 g/mol. The first-order valence-electron chi connectivity index (χ1n) is 7.57. The highest BCUT2D eigenvalue weighted by Gasteiger charge is 2.30. The number of rotatable bonds is 4. The van der Waals surface area contributed by atoms with E-state index in [1.807, 2.05) is 0 Å². The Morgan fingerprint density at radius 1 is 1.13 bits per heavy atom. The normalized spacial score (nSPS) is 19.5. The summed E-state index contributed by atoms with van der Waals surface area (Å²) in [7, 11) is 2.17. The van der Waals surface area contributed by atoms with Crippen LogP contribution in [0.2, 0.25) is 0 Å². The van der Waals surface area contributed by atoms with Crippen LogP contribution in [0.4, 0.5) is 0 Å². The number of guanidine groups is 1. The minimum atomic E-state index is 0. The maximum atomic E-state index is 6.37. The Morgan fingerprint density at radius 3 is 2.17 bits per heavy atom. The molecule has 2 aliphatic rings. The average Bonchev–Trinajstić information content (AvgIpc) is 2.50. The van der Waals surface area contributed by atoms with Gasteiger partial charge in [0.2, 0.25) is 5.96 Å². The van der Waals surface area contributed by atoms with E-state index in [9.17, 15) is 0 Å². The van der Waals surface area contributed by atoms with Crippen molar-refractivity contribution in [2.75, 3.05) is 59.1 Å². The van der Waals surface area contributed by atoms with Gasteiger partial charge in [0.15, 0.2) is 0 Å². The summed E-state index contributed by atoms with van der Waals surface area (Å²) in [6.07, 6.45) is 2.06. The largest absolute Gasteiger partial charge is 0.339 e. The zero-order chi connectivity index (χ0) is 15.4. The van der Waals surface area contributed by atoms with Gasteiger partial charge in [-0.25, -0.2) is 10.0 Å². The minimum Gasteiger partial charge on any atom is -0.339 e. The Bertz CT molecular complexity index is 423. The molecule has 23 heavy (non-hydrogen) atoms. The lowest BCUT2D eigenvalue weighted by Gasteiger charge is -2.44. The van der Waals surface area contributed by atoms with Crippen molar-refractivity contribution in [3.63, 3.8) is 0 Å². The Kier molecular flexibility index (Phi) is 11.5. The summed E-state index contributed by atoms with van der Waals surface area (Å²) in [5.41, 5.74) is 0. The maximum Gasteiger partial charge on any atom is 0.218 e. The van der Waals surface area contributed by atoms with Crippen molar-refractivity contribution in [2.24, 2.45) is 4.99 Å². The number of nitrogens with zero attached hydrogens (tertiary/aromatic N) is 5. The molecule has 0 aromatic carbocycles. The van der Waals surface area contributed by atoms with Gasteiger partial charge in [0.1, 0.15) is 5.16 Å². The van der Waals surface area contributed by atoms with E-state index in [1.54, 1.807) is 11.8 Å². The van der Waals surface area contributed by atoms with Crippen LogP contribution in [0.25, 0.3) is 0 Å². The van der Waals surface area contributed by atoms with Gasteiger partial charge in [0.25, 0.3) is 0 Å². The summed E-state index contributed by atoms with van der Waals surface area (Å²) in [6, 6.07) is 0. The number of hydrogen-bond donors (Lipinski definition) is 0. The van der Waals surface area contributed by atoms with Crippen LogP contribution in [0.3, 0.4) is 0 Å². The molecule has 9 heteroatoms. The highest BCUT2D eigenvalue weighted by molar-refractivity contribution is 8.93. The van der Waals surface area contributed by atoms with Crippen LogP contribution >= 0.6 is 57.3 Å². The van der Waals surface area contributed by atoms with Crippen LogP contribution in [0, 0.1) is 0 Å². The number of hydrazine groups is 1. The molecule has 0 aliphatic carbocycles. The molecule has 0 aromatic rings. The fraction of sp³-hybridized carbons (Fsp3) is 0.786. The quantitative estimate of drug-likeness (QED) is 0.561. The van der Waals surface area contributed by atoms with Crippen molar-refractivity contribution < 1.29 is 0 Å². The Morgan fingerprint density at radius 2 is 1.70 bits per heavy atom. The molecule has 2 heterocycles. The molecule has 1 saturated heterocycles. The van der Waals surface area contributed by atoms with E-state index in [0.29, 0.717) is 5.16 Å². The van der Waals surface area contributed by atoms with Crippen molar-refractivity contribution in [1.82, 2.24) is 19.8 Å². The number of aliphatic imine (C=N–C) groups is 1. The SMILES string of the molecule is Br.Br.CCN(CC)N1CC(SC)=C(Cl)N=C1N1CCN(C)CC1. The fourth-order valence-corrected chi connectivity index (χ4v) is 3.49. The van der Waals surface area contributed by atoms with Gasteiger partial charge in [-0.05, 0) is 13.3 Å². The third kappa shape index (κ3) is 5.78. The topological polar surface area (TPSA) is 25.3 Å². The molecule has 0 amide bonds. The highest BCUT2D eigenvalue weighted by atomic mass is 79.9. The van der Waals surface area contributed by atoms with E-state index in [2.05, 4.69) is 47.0 Å². The zero-order valence-electron chi connectivity index (χ0n) is 14.3. The second kappa shape index (κ2) is 11.2. The van der Waals surface area contributed by atoms with E-state index >= 15 is 0 Å². The molecule has 2 aliphatic heterocycles. The van der Waals surface area contributed by atoms with E-state index in [0.717, 1.165) is 56.7 Å². The van der Waals surface area contributed by atoms with Crippen LogP contribution in [-0.4, -0.2) is 84.9 Å². The molecule has 0 unspecified atom stereocenters. The van der Waals surface area contributed by atoms with Gasteiger partial charge in [-0.3, -0.25) is 5.01 Å². The zero-order valence-corrected chi connectivity index (χ0v) is 19.3. The molecule has 0 radical (unpaired) electrons. The second-order valence-electron chi connectivity index (χ2n) is 5.32. The first-order chi connectivity index (χ1) is 10.1. The van der Waals surface area contributed by atoms with Gasteiger partial charge in [-0.15, -0.1) is 45.7 Å². The monoisotopic (exact) mass is 491 g/mol. The standard InChI is InChI=1S/C14H26ClN5S.2BrH/c1-5-19(6-2)20-11-12(21-4)13(15)16-14(20)18-9-7-17(3)8-10-18;;/h5-11H2,1-4H3;2*1H. The molecule has 0 saturated carbocycles. The van der Waals surface area contributed by atoms with E-state index in [-0.39, 0.29) is 34.0 Å². The van der Waals surface area contributed by atoms with Crippen LogP contribution in [0.15, 0.2) is 15.1 Å². The Labute approximate surface area is 170 Å². The summed E-state index contributed by atoms with van der Waals surface area (Å²) in [5.74, 6) is 1.01. The molecule has 136 valence electrons. The predicted octanol–water partition coefficient (Wildman–Crippen LogP) is 3.09. The fourth-order valence-electron chi connectivity index (χ4n) is 2.66. The lowest BCUT2D eigenvalue weighted by Crippen LogP contribution is -2.58. The molecule has 2 rings (SSSR count). The third-order valence-electron chi connectivity index (χ3n) is 4.06. The number of hydrogen-bond acceptors (Lipinski definition) is 6. The van der Waals surface area contributed by atoms with Crippen molar-refractivity contribution in [1.29, 1.82) is 0 Å². The summed E-state index contributed by atoms with van der Waals surface area (Å²) >= 11 is 8.06. The molecule has 0 spiro atoms. The predicted molar refractivity (Wildman–Crippen MR) is 113 cm³/mol. The molecule has 0 N–H and O–H groups in total. The minimum absolute atomic E-state index is 0. The first-order valence-corrected chi connectivity index (χ1v) is 9.18. The number of piperazine rings is 1. The van der Waals surface area contributed by atoms with E-state index < -0.39 is 0 Å². The molecule has 0 bridgehead atoms. The van der Waals surface area contributed by atoms with Crippen LogP contribution in [-0.2, 0) is 0 Å². The van der Waals surface area contributed by atoms with Gasteiger partial charge in [0, 0.05) is 44.2 Å². The van der Waals surface area contributed by atoms with Crippen molar-refractivity contribution in [3.8, 4) is 0 Å². The van der Waals surface area contributed by atoms with Crippen LogP contribution < -0.4 is 0 Å². The molecule has 0 atom stereocenters. The maximum absolute atomic E-state index is 6.37. The Balaban J connectivity index is 0.00000242. The summed E-state index contributed by atoms with van der Waals surface area (Å²) in [6.45, 7) is 11.3. The van der Waals surface area contributed by atoms with Gasteiger partial charge >= 0.3 is 0 Å². The Hall–Kier alpha value is 0.530. The second-order valence-corrected chi connectivity index (χ2v) is 6.58. The van der Waals surface area contributed by atoms with E-state index in [1.165, 1.54) is 0 Å². The smallest absolute Gasteiger partial charge is 0.218 e. The van der Waals surface area contributed by atoms with Gasteiger partial charge < -0.3 is 9.80 Å². The number of likely N-dealkylation sites (N-methyl/N-ethyl adjacent to an activating group) is 1. The highest BCUT2D eigenvalue weighted by Crippen LogP contribution is 2.28. The lowest BCUT2D eigenvalue weighted by atomic mass is 10.3. The first kappa shape index (κ1) is 23.5. The van der Waals surface area contributed by atoms with Gasteiger partial charge in [-0.2, -0.15) is 0 Å². The summed E-state index contributed by atoms with van der Waals surface area (Å²) in [4.78, 5) is 10.6. The number of halogens is 3. The summed E-state index contributed by atoms with van der Waals surface area (Å²) in [5, 5.41) is 5.28.